The number of aliphatic hydroxyl groups excluding tert-OH is 3. The van der Waals surface area contributed by atoms with Crippen molar-refractivity contribution < 1.29 is 53.3 Å². The minimum absolute atomic E-state index is 0.0439. The molecule has 19 heteroatoms. The zero-order chi connectivity index (χ0) is 35.9. The number of methoxy groups -OCH3 is 1. The molecular weight excluding hydrogens is 665 g/mol. The second-order valence-corrected chi connectivity index (χ2v) is 12.4. The Morgan fingerprint density at radius 3 is 2.08 bits per heavy atom. The van der Waals surface area contributed by atoms with Crippen LogP contribution in [0.15, 0.2) is 55.0 Å². The number of aromatic nitrogens is 4. The zero-order valence-corrected chi connectivity index (χ0v) is 27.6. The highest BCUT2D eigenvalue weighted by Gasteiger charge is 2.32. The Hall–Kier alpha value is -4.52. The molecule has 18 nitrogen and oxygen atoms in total. The number of amides is 2. The van der Waals surface area contributed by atoms with Crippen molar-refractivity contribution >= 4 is 36.3 Å². The molecule has 1 saturated heterocycles. The normalized spacial score (nSPS) is 13.6. The van der Waals surface area contributed by atoms with Crippen molar-refractivity contribution in [1.29, 1.82) is 0 Å². The first-order valence-corrected chi connectivity index (χ1v) is 16.4. The van der Waals surface area contributed by atoms with Crippen LogP contribution in [0.3, 0.4) is 0 Å². The fraction of sp³-hybridized carbons (Fsp3) is 0.367. The molecule has 0 spiro atoms. The zero-order valence-electron chi connectivity index (χ0n) is 26.7. The summed E-state index contributed by atoms with van der Waals surface area (Å²) in [7, 11) is -3.48. The van der Waals surface area contributed by atoms with Crippen LogP contribution in [0.5, 0.6) is 5.75 Å². The number of aryl methyl sites for hydroxylation is 1. The topological polar surface area (TPSA) is 256 Å². The summed E-state index contributed by atoms with van der Waals surface area (Å²) in [4.78, 5) is 65.6. The maximum absolute atomic E-state index is 13.7. The Bertz CT molecular complexity index is 1820. The molecule has 1 aliphatic rings. The summed E-state index contributed by atoms with van der Waals surface area (Å²) in [5, 5.41) is 29.6. The molecule has 264 valence electrons. The van der Waals surface area contributed by atoms with Crippen molar-refractivity contribution in [2.24, 2.45) is 5.73 Å². The van der Waals surface area contributed by atoms with Crippen LogP contribution in [0.2, 0.25) is 0 Å². The molecule has 2 amide bonds. The molecule has 1 fully saturated rings. The Morgan fingerprint density at radius 1 is 0.959 bits per heavy atom. The van der Waals surface area contributed by atoms with Gasteiger partial charge in [0.2, 0.25) is 0 Å². The fourth-order valence-electron chi connectivity index (χ4n) is 4.91. The Balaban J connectivity index is 0.000000603. The average Bonchev–Trinajstić information content (AvgIpc) is 3.73. The van der Waals surface area contributed by atoms with Crippen LogP contribution in [-0.4, -0.2) is 130 Å². The van der Waals surface area contributed by atoms with Gasteiger partial charge in [-0.15, -0.1) is 0 Å². The van der Waals surface area contributed by atoms with E-state index in [1.807, 2.05) is 6.07 Å². The van der Waals surface area contributed by atoms with Gasteiger partial charge in [-0.2, -0.15) is 5.10 Å². The van der Waals surface area contributed by atoms with Gasteiger partial charge in [-0.25, -0.2) is 14.2 Å². The minimum Gasteiger partial charge on any atom is -0.496 e. The maximum Gasteiger partial charge on any atom is 0.471 e. The summed E-state index contributed by atoms with van der Waals surface area (Å²) >= 11 is 0. The molecule has 0 radical (unpaired) electrons. The van der Waals surface area contributed by atoms with Crippen LogP contribution < -0.4 is 10.5 Å². The molecule has 0 atom stereocenters. The van der Waals surface area contributed by atoms with Crippen LogP contribution in [0.25, 0.3) is 16.6 Å². The standard InChI is InChI=1S/C26H27N6O8P.C4H11NO3/c1-17-27-15-32(28-17)20-8-9-21(39-2)22-19(14-31(23(20)22)16-40-41(36,37)38)24(33)26(35)30-12-10-29(11-13-30)25(34)18-6-4-3-5-7-18;5-4(1-6,2-7)3-8/h3-9,14-15H,10-13,16H2,1-2H3,(H2,36,37,38);6-8H,1-3,5H2. The Labute approximate surface area is 280 Å². The van der Waals surface area contributed by atoms with Crippen LogP contribution in [0, 0.1) is 6.92 Å². The SMILES string of the molecule is COc1ccc(-n2cnc(C)n2)c2c1c(C(=O)C(=O)N1CCN(C(=O)c3ccccc3)CC1)cn2COP(=O)(O)O.NC(CO)(CO)CO. The maximum atomic E-state index is 13.7. The molecule has 4 aromatic rings. The number of hydrogen-bond donors (Lipinski definition) is 6. The molecule has 0 saturated carbocycles. The lowest BCUT2D eigenvalue weighted by atomic mass is 10.1. The van der Waals surface area contributed by atoms with Gasteiger partial charge in [-0.05, 0) is 31.2 Å². The number of phosphoric acid groups is 1. The van der Waals surface area contributed by atoms with E-state index in [1.54, 1.807) is 48.2 Å². The Kier molecular flexibility index (Phi) is 12.0. The number of phosphoric ester groups is 1. The number of carbonyl (C=O) groups excluding carboxylic acids is 3. The molecule has 7 N–H and O–H groups in total. The number of ether oxygens (including phenoxy) is 1. The average molecular weight is 704 g/mol. The van der Waals surface area contributed by atoms with E-state index >= 15 is 0 Å². The highest BCUT2D eigenvalue weighted by Crippen LogP contribution is 2.39. The molecule has 0 aliphatic carbocycles. The number of fused-ring (bicyclic) bond motifs is 1. The fourth-order valence-corrected chi connectivity index (χ4v) is 5.19. The summed E-state index contributed by atoms with van der Waals surface area (Å²) in [5.41, 5.74) is 5.14. The summed E-state index contributed by atoms with van der Waals surface area (Å²) in [5.74, 6) is -1.06. The number of hydrogen-bond acceptors (Lipinski definition) is 12. The summed E-state index contributed by atoms with van der Waals surface area (Å²) in [6, 6.07) is 12.0. The van der Waals surface area contributed by atoms with Crippen molar-refractivity contribution in [3.63, 3.8) is 0 Å². The summed E-state index contributed by atoms with van der Waals surface area (Å²) < 4.78 is 24.5. The molecular formula is C30H38N7O11P. The monoisotopic (exact) mass is 703 g/mol. The largest absolute Gasteiger partial charge is 0.496 e. The number of carbonyl (C=O) groups is 3. The van der Waals surface area contributed by atoms with E-state index in [2.05, 4.69) is 10.1 Å². The van der Waals surface area contributed by atoms with Gasteiger partial charge in [0.15, 0.2) is 0 Å². The molecule has 0 bridgehead atoms. The van der Waals surface area contributed by atoms with E-state index < -0.39 is 51.6 Å². The van der Waals surface area contributed by atoms with E-state index in [0.29, 0.717) is 17.1 Å². The minimum atomic E-state index is -4.88. The highest BCUT2D eigenvalue weighted by molar-refractivity contribution is 7.46. The van der Waals surface area contributed by atoms with Crippen LogP contribution >= 0.6 is 7.82 Å². The molecule has 49 heavy (non-hydrogen) atoms. The van der Waals surface area contributed by atoms with E-state index in [1.165, 1.54) is 33.8 Å². The van der Waals surface area contributed by atoms with E-state index in [-0.39, 0.29) is 54.3 Å². The van der Waals surface area contributed by atoms with E-state index in [0.717, 1.165) is 0 Å². The molecule has 3 heterocycles. The van der Waals surface area contributed by atoms with Gasteiger partial charge >= 0.3 is 7.82 Å². The van der Waals surface area contributed by atoms with Crippen LogP contribution in [0.1, 0.15) is 26.5 Å². The highest BCUT2D eigenvalue weighted by atomic mass is 31.2. The number of benzene rings is 2. The van der Waals surface area contributed by atoms with Gasteiger partial charge in [0, 0.05) is 37.9 Å². The van der Waals surface area contributed by atoms with Crippen molar-refractivity contribution in [2.45, 2.75) is 19.2 Å². The number of rotatable bonds is 11. The van der Waals surface area contributed by atoms with Gasteiger partial charge in [-0.3, -0.25) is 18.9 Å². The first kappa shape index (κ1) is 37.3. The lowest BCUT2D eigenvalue weighted by Crippen LogP contribution is -2.52. The van der Waals surface area contributed by atoms with Gasteiger partial charge in [0.05, 0.1) is 54.6 Å². The second-order valence-electron chi connectivity index (χ2n) is 11.1. The van der Waals surface area contributed by atoms with Gasteiger partial charge in [0.25, 0.3) is 17.6 Å². The number of nitrogens with two attached hydrogens (primary N) is 1. The number of Topliss-reactive ketones (excluding diaryl/α,β-unsaturated/α-hetero) is 1. The van der Waals surface area contributed by atoms with Gasteiger partial charge < -0.3 is 49.9 Å². The van der Waals surface area contributed by atoms with Crippen LogP contribution in [0.4, 0.5) is 0 Å². The van der Waals surface area contributed by atoms with E-state index in [9.17, 15) is 28.7 Å². The van der Waals surface area contributed by atoms with Crippen LogP contribution in [-0.2, 0) is 20.6 Å². The Morgan fingerprint density at radius 2 is 1.57 bits per heavy atom. The van der Waals surface area contributed by atoms with Gasteiger partial charge in [-0.1, -0.05) is 18.2 Å². The van der Waals surface area contributed by atoms with Gasteiger partial charge in [0.1, 0.15) is 24.6 Å². The molecule has 1 aliphatic heterocycles. The molecule has 2 aromatic carbocycles. The predicted octanol–water partition coefficient (Wildman–Crippen LogP) is -0.566. The van der Waals surface area contributed by atoms with Crippen molar-refractivity contribution in [3.8, 4) is 11.4 Å². The first-order chi connectivity index (χ1) is 23.3. The second kappa shape index (κ2) is 15.8. The van der Waals surface area contributed by atoms with Crippen molar-refractivity contribution in [1.82, 2.24) is 29.1 Å². The molecule has 2 aromatic heterocycles. The van der Waals surface area contributed by atoms with Crippen molar-refractivity contribution in [3.05, 3.63) is 71.9 Å². The molecule has 5 rings (SSSR count). The number of piperazine rings is 1. The summed E-state index contributed by atoms with van der Waals surface area (Å²) in [6.45, 7) is 0.672. The van der Waals surface area contributed by atoms with Crippen molar-refractivity contribution in [2.75, 3.05) is 53.1 Å². The third kappa shape index (κ3) is 8.75. The quantitative estimate of drug-likeness (QED) is 0.0650. The lowest BCUT2D eigenvalue weighted by molar-refractivity contribution is -0.127. The third-order valence-electron chi connectivity index (χ3n) is 7.66. The summed E-state index contributed by atoms with van der Waals surface area (Å²) in [6.07, 6.45) is 2.74. The lowest BCUT2D eigenvalue weighted by Gasteiger charge is -2.34. The number of nitrogens with zero attached hydrogens (tertiary/aromatic N) is 6. The number of aliphatic hydroxyl groups is 3. The predicted molar refractivity (Wildman–Crippen MR) is 173 cm³/mol. The smallest absolute Gasteiger partial charge is 0.471 e. The third-order valence-corrected chi connectivity index (χ3v) is 8.11. The molecule has 0 unspecified atom stereocenters. The first-order valence-electron chi connectivity index (χ1n) is 14.8. The van der Waals surface area contributed by atoms with E-state index in [4.69, 9.17) is 30.3 Å². The number of ketones is 1.